The molecular formula is C17H12ClF5N2O2. The van der Waals surface area contributed by atoms with Crippen LogP contribution in [0.2, 0.25) is 5.02 Å². The molecule has 0 aliphatic heterocycles. The Hall–Kier alpha value is -2.68. The van der Waals surface area contributed by atoms with E-state index < -0.39 is 46.6 Å². The molecule has 0 aliphatic carbocycles. The van der Waals surface area contributed by atoms with Gasteiger partial charge in [-0.15, -0.1) is 0 Å². The minimum atomic E-state index is -4.66. The van der Waals surface area contributed by atoms with E-state index in [0.29, 0.717) is 6.07 Å². The van der Waals surface area contributed by atoms with Crippen molar-refractivity contribution in [2.75, 3.05) is 11.9 Å². The van der Waals surface area contributed by atoms with E-state index in [1.807, 2.05) is 0 Å². The van der Waals surface area contributed by atoms with Crippen LogP contribution >= 0.6 is 11.6 Å². The fourth-order valence-electron chi connectivity index (χ4n) is 2.07. The number of carbonyl (C=O) groups is 2. The van der Waals surface area contributed by atoms with E-state index in [4.69, 9.17) is 11.6 Å². The SMILES string of the molecule is O=C(CNc1ccc(F)cc1F)C(=O)NCc1ccc(Cl)c(C(F)(F)F)c1. The Morgan fingerprint density at radius 2 is 1.74 bits per heavy atom. The molecule has 0 saturated heterocycles. The van der Waals surface area contributed by atoms with E-state index >= 15 is 0 Å². The average Bonchev–Trinajstić information content (AvgIpc) is 2.58. The van der Waals surface area contributed by atoms with E-state index in [9.17, 15) is 31.5 Å². The second kappa shape index (κ2) is 8.34. The van der Waals surface area contributed by atoms with Crippen molar-refractivity contribution in [1.82, 2.24) is 5.32 Å². The highest BCUT2D eigenvalue weighted by atomic mass is 35.5. The van der Waals surface area contributed by atoms with Crippen molar-refractivity contribution in [3.63, 3.8) is 0 Å². The predicted octanol–water partition coefficient (Wildman–Crippen LogP) is 3.93. The summed E-state index contributed by atoms with van der Waals surface area (Å²) in [4.78, 5) is 23.4. The van der Waals surface area contributed by atoms with Crippen LogP contribution in [0.25, 0.3) is 0 Å². The number of nitrogens with one attached hydrogen (secondary N) is 2. The number of ketones is 1. The van der Waals surface area contributed by atoms with Crippen LogP contribution in [-0.4, -0.2) is 18.2 Å². The number of rotatable bonds is 6. The van der Waals surface area contributed by atoms with Gasteiger partial charge in [-0.1, -0.05) is 17.7 Å². The number of hydrogen-bond donors (Lipinski definition) is 2. The van der Waals surface area contributed by atoms with Crippen molar-refractivity contribution in [3.8, 4) is 0 Å². The van der Waals surface area contributed by atoms with Crippen molar-refractivity contribution in [3.05, 3.63) is 64.2 Å². The summed E-state index contributed by atoms with van der Waals surface area (Å²) in [6.45, 7) is -0.918. The molecule has 4 nitrogen and oxygen atoms in total. The molecule has 0 fully saturated rings. The van der Waals surface area contributed by atoms with E-state index in [0.717, 1.165) is 24.3 Å². The van der Waals surface area contributed by atoms with Gasteiger partial charge in [-0.3, -0.25) is 9.59 Å². The molecule has 0 saturated carbocycles. The maximum atomic E-state index is 13.4. The van der Waals surface area contributed by atoms with Gasteiger partial charge in [-0.05, 0) is 29.8 Å². The third-order valence-corrected chi connectivity index (χ3v) is 3.74. The van der Waals surface area contributed by atoms with Crippen molar-refractivity contribution in [2.45, 2.75) is 12.7 Å². The zero-order valence-electron chi connectivity index (χ0n) is 13.5. The third kappa shape index (κ3) is 5.65. The molecule has 2 N–H and O–H groups in total. The van der Waals surface area contributed by atoms with Crippen molar-refractivity contribution >= 4 is 29.0 Å². The molecule has 10 heteroatoms. The molecule has 0 atom stereocenters. The summed E-state index contributed by atoms with van der Waals surface area (Å²) in [5.74, 6) is -3.80. The van der Waals surface area contributed by atoms with Crippen LogP contribution in [0.1, 0.15) is 11.1 Å². The van der Waals surface area contributed by atoms with Gasteiger partial charge in [0.05, 0.1) is 22.8 Å². The van der Waals surface area contributed by atoms with Gasteiger partial charge in [0.15, 0.2) is 0 Å². The van der Waals surface area contributed by atoms with Crippen LogP contribution in [0.5, 0.6) is 0 Å². The van der Waals surface area contributed by atoms with E-state index in [2.05, 4.69) is 10.6 Å². The van der Waals surface area contributed by atoms with Gasteiger partial charge < -0.3 is 10.6 Å². The Morgan fingerprint density at radius 3 is 2.37 bits per heavy atom. The maximum Gasteiger partial charge on any atom is 0.417 e. The summed E-state index contributed by atoms with van der Waals surface area (Å²) in [5.41, 5.74) is -1.15. The molecule has 0 bridgehead atoms. The minimum absolute atomic E-state index is 0.0883. The molecule has 0 radical (unpaired) electrons. The first-order chi connectivity index (χ1) is 12.6. The first-order valence-electron chi connectivity index (χ1n) is 7.43. The largest absolute Gasteiger partial charge is 0.417 e. The Morgan fingerprint density at radius 1 is 1.04 bits per heavy atom. The molecule has 0 aliphatic rings. The molecule has 2 rings (SSSR count). The van der Waals surface area contributed by atoms with E-state index in [1.165, 1.54) is 6.07 Å². The monoisotopic (exact) mass is 406 g/mol. The molecule has 27 heavy (non-hydrogen) atoms. The number of halogens is 6. The Bertz CT molecular complexity index is 871. The minimum Gasteiger partial charge on any atom is -0.375 e. The van der Waals surface area contributed by atoms with Crippen molar-refractivity contribution in [2.24, 2.45) is 0 Å². The first kappa shape index (κ1) is 20.6. The van der Waals surface area contributed by atoms with Crippen molar-refractivity contribution in [1.29, 1.82) is 0 Å². The van der Waals surface area contributed by atoms with E-state index in [1.54, 1.807) is 0 Å². The summed E-state index contributed by atoms with van der Waals surface area (Å²) < 4.78 is 64.6. The normalized spacial score (nSPS) is 11.2. The zero-order chi connectivity index (χ0) is 20.2. The van der Waals surface area contributed by atoms with Crippen LogP contribution < -0.4 is 10.6 Å². The lowest BCUT2D eigenvalue weighted by atomic mass is 10.1. The number of Topliss-reactive ketones (excluding diaryl/α,β-unsaturated/α-hetero) is 1. The van der Waals surface area contributed by atoms with Gasteiger partial charge in [0.25, 0.3) is 5.91 Å². The zero-order valence-corrected chi connectivity index (χ0v) is 14.2. The molecule has 2 aromatic carbocycles. The summed E-state index contributed by atoms with van der Waals surface area (Å²) in [7, 11) is 0. The Balaban J connectivity index is 1.92. The fourth-order valence-corrected chi connectivity index (χ4v) is 2.29. The van der Waals surface area contributed by atoms with Crippen LogP contribution in [0.15, 0.2) is 36.4 Å². The molecule has 144 valence electrons. The number of hydrogen-bond acceptors (Lipinski definition) is 3. The topological polar surface area (TPSA) is 58.2 Å². The van der Waals surface area contributed by atoms with Crippen LogP contribution in [0.3, 0.4) is 0 Å². The first-order valence-corrected chi connectivity index (χ1v) is 7.81. The Labute approximate surface area is 155 Å². The van der Waals surface area contributed by atoms with Gasteiger partial charge >= 0.3 is 6.18 Å². The number of carbonyl (C=O) groups excluding carboxylic acids is 2. The highest BCUT2D eigenvalue weighted by Gasteiger charge is 2.33. The van der Waals surface area contributed by atoms with Crippen LogP contribution in [0, 0.1) is 11.6 Å². The standard InChI is InChI=1S/C17H12ClF5N2O2/c18-12-3-1-9(5-11(12)17(21,22)23)7-25-16(27)15(26)8-24-14-4-2-10(19)6-13(14)20/h1-6,24H,7-8H2,(H,25,27). The summed E-state index contributed by atoms with van der Waals surface area (Å²) >= 11 is 5.49. The predicted molar refractivity (Wildman–Crippen MR) is 88.2 cm³/mol. The average molecular weight is 407 g/mol. The maximum absolute atomic E-state index is 13.4. The second-order valence-electron chi connectivity index (χ2n) is 5.40. The number of amides is 1. The van der Waals surface area contributed by atoms with Gasteiger partial charge in [0.2, 0.25) is 5.78 Å². The van der Waals surface area contributed by atoms with Gasteiger partial charge in [-0.25, -0.2) is 8.78 Å². The molecule has 0 spiro atoms. The van der Waals surface area contributed by atoms with Gasteiger partial charge in [-0.2, -0.15) is 13.2 Å². The van der Waals surface area contributed by atoms with Crippen LogP contribution in [0.4, 0.5) is 27.6 Å². The van der Waals surface area contributed by atoms with Gasteiger partial charge in [0.1, 0.15) is 11.6 Å². The molecule has 1 amide bonds. The molecular weight excluding hydrogens is 395 g/mol. The van der Waals surface area contributed by atoms with E-state index in [-0.39, 0.29) is 17.8 Å². The molecule has 2 aromatic rings. The van der Waals surface area contributed by atoms with Crippen LogP contribution in [-0.2, 0) is 22.3 Å². The fraction of sp³-hybridized carbons (Fsp3) is 0.176. The highest BCUT2D eigenvalue weighted by Crippen LogP contribution is 2.35. The number of anilines is 1. The molecule has 0 heterocycles. The van der Waals surface area contributed by atoms with Gasteiger partial charge in [0, 0.05) is 12.6 Å². The third-order valence-electron chi connectivity index (χ3n) is 3.41. The highest BCUT2D eigenvalue weighted by molar-refractivity contribution is 6.37. The summed E-state index contributed by atoms with van der Waals surface area (Å²) in [6, 6.07) is 5.70. The summed E-state index contributed by atoms with van der Waals surface area (Å²) in [5, 5.41) is 4.01. The lowest BCUT2D eigenvalue weighted by molar-refractivity contribution is -0.137. The lowest BCUT2D eigenvalue weighted by Crippen LogP contribution is -2.34. The van der Waals surface area contributed by atoms with Crippen molar-refractivity contribution < 1.29 is 31.5 Å². The summed E-state index contributed by atoms with van der Waals surface area (Å²) in [6.07, 6.45) is -4.66. The smallest absolute Gasteiger partial charge is 0.375 e. The Kier molecular flexibility index (Phi) is 6.37. The molecule has 0 unspecified atom stereocenters. The lowest BCUT2D eigenvalue weighted by Gasteiger charge is -2.11. The molecule has 0 aromatic heterocycles. The number of benzene rings is 2. The quantitative estimate of drug-likeness (QED) is 0.564. The second-order valence-corrected chi connectivity index (χ2v) is 5.80. The number of alkyl halides is 3.